The molecule has 0 saturated carbocycles. The van der Waals surface area contributed by atoms with Crippen LogP contribution in [0.25, 0.3) is 0 Å². The first-order valence-corrected chi connectivity index (χ1v) is 7.08. The molecule has 0 aromatic heterocycles. The number of carbonyl (C=O) groups excluding carboxylic acids is 2. The molecular weight excluding hydrogens is 284 g/mol. The van der Waals surface area contributed by atoms with E-state index in [2.05, 4.69) is 0 Å². The second-order valence-corrected chi connectivity index (χ2v) is 4.49. The van der Waals surface area contributed by atoms with Gasteiger partial charge in [-0.3, -0.25) is 9.59 Å². The molecule has 0 aliphatic heterocycles. The summed E-state index contributed by atoms with van der Waals surface area (Å²) in [6.07, 6.45) is 0.313. The lowest BCUT2D eigenvalue weighted by Crippen LogP contribution is -2.34. The fourth-order valence-corrected chi connectivity index (χ4v) is 1.90. The third kappa shape index (κ3) is 5.44. The zero-order chi connectivity index (χ0) is 16.4. The summed E-state index contributed by atoms with van der Waals surface area (Å²) in [7, 11) is 1.53. The molecule has 118 valence electrons. The summed E-state index contributed by atoms with van der Waals surface area (Å²) >= 11 is 0. The van der Waals surface area contributed by atoms with E-state index in [4.69, 9.17) is 14.7 Å². The highest BCUT2D eigenvalue weighted by Crippen LogP contribution is 2.15. The van der Waals surface area contributed by atoms with Crippen molar-refractivity contribution < 1.29 is 19.1 Å². The number of nitrogens with zero attached hydrogens (tertiary/aromatic N) is 2. The maximum absolute atomic E-state index is 12.5. The molecular formula is C16H20N2O4. The van der Waals surface area contributed by atoms with E-state index in [9.17, 15) is 9.59 Å². The summed E-state index contributed by atoms with van der Waals surface area (Å²) in [5, 5.41) is 8.71. The van der Waals surface area contributed by atoms with Crippen molar-refractivity contribution in [3.63, 3.8) is 0 Å². The first kappa shape index (κ1) is 17.5. The van der Waals surface area contributed by atoms with Crippen molar-refractivity contribution in [1.29, 1.82) is 5.26 Å². The molecule has 0 spiro atoms. The minimum absolute atomic E-state index is 0.106. The predicted molar refractivity (Wildman–Crippen MR) is 80.4 cm³/mol. The van der Waals surface area contributed by atoms with Gasteiger partial charge < -0.3 is 14.4 Å². The number of amides is 1. The summed E-state index contributed by atoms with van der Waals surface area (Å²) in [6, 6.07) is 8.78. The third-order valence-corrected chi connectivity index (χ3v) is 2.99. The normalized spacial score (nSPS) is 9.68. The first-order valence-electron chi connectivity index (χ1n) is 7.08. The molecule has 0 bridgehead atoms. The highest BCUT2D eigenvalue weighted by molar-refractivity contribution is 5.94. The van der Waals surface area contributed by atoms with Gasteiger partial charge in [0.05, 0.1) is 32.6 Å². The number of esters is 1. The summed E-state index contributed by atoms with van der Waals surface area (Å²) in [5.74, 6) is -0.0159. The summed E-state index contributed by atoms with van der Waals surface area (Å²) in [6.45, 7) is 2.52. The van der Waals surface area contributed by atoms with Crippen LogP contribution in [-0.2, 0) is 9.53 Å². The Labute approximate surface area is 130 Å². The fourth-order valence-electron chi connectivity index (χ4n) is 1.90. The van der Waals surface area contributed by atoms with E-state index in [1.165, 1.54) is 12.0 Å². The van der Waals surface area contributed by atoms with Crippen molar-refractivity contribution in [2.75, 3.05) is 26.8 Å². The Morgan fingerprint density at radius 3 is 2.73 bits per heavy atom. The number of carbonyl (C=O) groups is 2. The van der Waals surface area contributed by atoms with E-state index >= 15 is 0 Å². The van der Waals surface area contributed by atoms with Crippen LogP contribution in [0.4, 0.5) is 0 Å². The van der Waals surface area contributed by atoms with E-state index < -0.39 is 0 Å². The Morgan fingerprint density at radius 2 is 2.09 bits per heavy atom. The lowest BCUT2D eigenvalue weighted by molar-refractivity contribution is -0.143. The Morgan fingerprint density at radius 1 is 1.32 bits per heavy atom. The smallest absolute Gasteiger partial charge is 0.307 e. The standard InChI is InChI=1S/C16H20N2O4/c1-3-22-15(19)8-11-18(10-5-9-17)16(20)13-6-4-7-14(12-13)21-2/h4,6-7,12H,3,5,8,10-11H2,1-2H3. The quantitative estimate of drug-likeness (QED) is 0.686. The molecule has 1 rings (SSSR count). The Balaban J connectivity index is 2.78. The minimum atomic E-state index is -0.358. The topological polar surface area (TPSA) is 79.6 Å². The molecule has 0 N–H and O–H groups in total. The number of hydrogen-bond acceptors (Lipinski definition) is 5. The van der Waals surface area contributed by atoms with Crippen LogP contribution in [0.1, 0.15) is 30.1 Å². The van der Waals surface area contributed by atoms with Crippen molar-refractivity contribution >= 4 is 11.9 Å². The second kappa shape index (κ2) is 9.40. The van der Waals surface area contributed by atoms with Crippen molar-refractivity contribution in [2.24, 2.45) is 0 Å². The Kier molecular flexibility index (Phi) is 7.48. The molecule has 22 heavy (non-hydrogen) atoms. The summed E-state index contributed by atoms with van der Waals surface area (Å²) < 4.78 is 9.96. The molecule has 0 unspecified atom stereocenters. The van der Waals surface area contributed by atoms with Crippen LogP contribution in [-0.4, -0.2) is 43.6 Å². The van der Waals surface area contributed by atoms with E-state index in [1.54, 1.807) is 31.2 Å². The van der Waals surface area contributed by atoms with E-state index in [0.29, 0.717) is 17.9 Å². The SMILES string of the molecule is CCOC(=O)CCN(CCC#N)C(=O)c1cccc(OC)c1. The first-order chi connectivity index (χ1) is 10.6. The monoisotopic (exact) mass is 304 g/mol. The molecule has 0 atom stereocenters. The van der Waals surface area contributed by atoms with Crippen LogP contribution in [0.5, 0.6) is 5.75 Å². The zero-order valence-corrected chi connectivity index (χ0v) is 12.9. The average molecular weight is 304 g/mol. The number of rotatable bonds is 8. The highest BCUT2D eigenvalue weighted by atomic mass is 16.5. The number of hydrogen-bond donors (Lipinski definition) is 0. The van der Waals surface area contributed by atoms with Crippen LogP contribution in [0, 0.1) is 11.3 Å². The van der Waals surface area contributed by atoms with Crippen molar-refractivity contribution in [3.05, 3.63) is 29.8 Å². The van der Waals surface area contributed by atoms with E-state index in [1.807, 2.05) is 6.07 Å². The van der Waals surface area contributed by atoms with Crippen LogP contribution in [0.2, 0.25) is 0 Å². The lowest BCUT2D eigenvalue weighted by Gasteiger charge is -2.21. The molecule has 0 saturated heterocycles. The number of nitriles is 1. The zero-order valence-electron chi connectivity index (χ0n) is 12.9. The van der Waals surface area contributed by atoms with Gasteiger partial charge in [-0.05, 0) is 25.1 Å². The van der Waals surface area contributed by atoms with Crippen molar-refractivity contribution in [1.82, 2.24) is 4.90 Å². The molecule has 0 fully saturated rings. The highest BCUT2D eigenvalue weighted by Gasteiger charge is 2.17. The minimum Gasteiger partial charge on any atom is -0.497 e. The molecule has 1 aromatic rings. The Hall–Kier alpha value is -2.55. The van der Waals surface area contributed by atoms with Gasteiger partial charge in [0.1, 0.15) is 5.75 Å². The van der Waals surface area contributed by atoms with Gasteiger partial charge in [0, 0.05) is 18.7 Å². The van der Waals surface area contributed by atoms with Crippen LogP contribution >= 0.6 is 0 Å². The second-order valence-electron chi connectivity index (χ2n) is 4.49. The lowest BCUT2D eigenvalue weighted by atomic mass is 10.1. The van der Waals surface area contributed by atoms with Gasteiger partial charge in [-0.2, -0.15) is 5.26 Å². The van der Waals surface area contributed by atoms with Crippen LogP contribution < -0.4 is 4.74 Å². The maximum Gasteiger partial charge on any atom is 0.307 e. The molecule has 0 aliphatic rings. The van der Waals surface area contributed by atoms with Crippen LogP contribution in [0.3, 0.4) is 0 Å². The van der Waals surface area contributed by atoms with Gasteiger partial charge in [-0.15, -0.1) is 0 Å². The molecule has 0 aliphatic carbocycles. The van der Waals surface area contributed by atoms with Gasteiger partial charge in [-0.1, -0.05) is 6.07 Å². The molecule has 6 heteroatoms. The molecule has 0 radical (unpaired) electrons. The summed E-state index contributed by atoms with van der Waals surface area (Å²) in [4.78, 5) is 25.4. The molecule has 1 aromatic carbocycles. The van der Waals surface area contributed by atoms with Crippen molar-refractivity contribution in [3.8, 4) is 11.8 Å². The third-order valence-electron chi connectivity index (χ3n) is 2.99. The van der Waals surface area contributed by atoms with Gasteiger partial charge >= 0.3 is 5.97 Å². The molecule has 1 amide bonds. The fraction of sp³-hybridized carbons (Fsp3) is 0.438. The van der Waals surface area contributed by atoms with E-state index in [0.717, 1.165) is 0 Å². The number of ether oxygens (including phenoxy) is 2. The molecule has 0 heterocycles. The Bertz CT molecular complexity index is 551. The maximum atomic E-state index is 12.5. The van der Waals surface area contributed by atoms with Gasteiger partial charge in [0.25, 0.3) is 5.91 Å². The van der Waals surface area contributed by atoms with Gasteiger partial charge in [-0.25, -0.2) is 0 Å². The molecule has 6 nitrogen and oxygen atoms in total. The van der Waals surface area contributed by atoms with E-state index in [-0.39, 0.29) is 37.8 Å². The van der Waals surface area contributed by atoms with Crippen LogP contribution in [0.15, 0.2) is 24.3 Å². The predicted octanol–water partition coefficient (Wildman–Crippen LogP) is 2.00. The summed E-state index contributed by atoms with van der Waals surface area (Å²) in [5.41, 5.74) is 0.459. The average Bonchev–Trinajstić information content (AvgIpc) is 2.54. The number of methoxy groups -OCH3 is 1. The van der Waals surface area contributed by atoms with Gasteiger partial charge in [0.2, 0.25) is 0 Å². The largest absolute Gasteiger partial charge is 0.497 e. The van der Waals surface area contributed by atoms with Crippen molar-refractivity contribution in [2.45, 2.75) is 19.8 Å². The van der Waals surface area contributed by atoms with Gasteiger partial charge in [0.15, 0.2) is 0 Å². The number of benzene rings is 1.